The van der Waals surface area contributed by atoms with Crippen LogP contribution in [0.2, 0.25) is 0 Å². The standard InChI is InChI=1S/C14H8Br2N2OS/c15-10-7-6-9(20-10)13-17-12(11(16)14(19)18-13)8-4-2-1-3-5-8/h1-7H,(H,17,18,19). The van der Waals surface area contributed by atoms with Crippen LogP contribution >= 0.6 is 43.2 Å². The quantitative estimate of drug-likeness (QED) is 0.664. The van der Waals surface area contributed by atoms with E-state index in [0.29, 0.717) is 16.0 Å². The van der Waals surface area contributed by atoms with Gasteiger partial charge in [0.1, 0.15) is 4.47 Å². The summed E-state index contributed by atoms with van der Waals surface area (Å²) in [6.45, 7) is 0. The molecule has 2 aromatic heterocycles. The Balaban J connectivity index is 2.21. The van der Waals surface area contributed by atoms with E-state index in [1.807, 2.05) is 42.5 Å². The van der Waals surface area contributed by atoms with Gasteiger partial charge in [-0.3, -0.25) is 4.79 Å². The van der Waals surface area contributed by atoms with Crippen LogP contribution in [0.4, 0.5) is 0 Å². The number of hydrogen-bond donors (Lipinski definition) is 1. The Labute approximate surface area is 136 Å². The molecule has 0 bridgehead atoms. The van der Waals surface area contributed by atoms with E-state index in [2.05, 4.69) is 41.8 Å². The summed E-state index contributed by atoms with van der Waals surface area (Å²) >= 11 is 8.26. The molecule has 0 unspecified atom stereocenters. The molecule has 0 aliphatic carbocycles. The topological polar surface area (TPSA) is 45.8 Å². The molecular formula is C14H8Br2N2OS. The van der Waals surface area contributed by atoms with Gasteiger partial charge in [-0.05, 0) is 44.0 Å². The molecule has 6 heteroatoms. The zero-order valence-electron chi connectivity index (χ0n) is 10.1. The van der Waals surface area contributed by atoms with Crippen molar-refractivity contribution in [1.82, 2.24) is 9.97 Å². The van der Waals surface area contributed by atoms with Crippen molar-refractivity contribution in [3.63, 3.8) is 0 Å². The van der Waals surface area contributed by atoms with Crippen LogP contribution in [0.15, 0.2) is 55.5 Å². The summed E-state index contributed by atoms with van der Waals surface area (Å²) in [4.78, 5) is 20.3. The SMILES string of the molecule is O=c1[nH]c(-c2ccc(Br)s2)nc(-c2ccccc2)c1Br. The van der Waals surface area contributed by atoms with Crippen molar-refractivity contribution in [2.24, 2.45) is 0 Å². The van der Waals surface area contributed by atoms with Gasteiger partial charge in [0.25, 0.3) is 5.56 Å². The normalized spacial score (nSPS) is 10.7. The highest BCUT2D eigenvalue weighted by atomic mass is 79.9. The van der Waals surface area contributed by atoms with Crippen LogP contribution in [-0.4, -0.2) is 9.97 Å². The van der Waals surface area contributed by atoms with Gasteiger partial charge >= 0.3 is 0 Å². The summed E-state index contributed by atoms with van der Waals surface area (Å²) in [5, 5.41) is 0. The van der Waals surface area contributed by atoms with Crippen molar-refractivity contribution in [2.75, 3.05) is 0 Å². The molecule has 0 fully saturated rings. The lowest BCUT2D eigenvalue weighted by Crippen LogP contribution is -2.11. The number of hydrogen-bond acceptors (Lipinski definition) is 3. The summed E-state index contributed by atoms with van der Waals surface area (Å²) in [5.41, 5.74) is 1.37. The van der Waals surface area contributed by atoms with Crippen LogP contribution in [0.25, 0.3) is 22.0 Å². The number of aromatic amines is 1. The number of nitrogens with one attached hydrogen (secondary N) is 1. The molecule has 0 atom stereocenters. The van der Waals surface area contributed by atoms with Crippen LogP contribution in [0.5, 0.6) is 0 Å². The average molecular weight is 412 g/mol. The second-order valence-electron chi connectivity index (χ2n) is 4.05. The van der Waals surface area contributed by atoms with Crippen molar-refractivity contribution in [2.45, 2.75) is 0 Å². The van der Waals surface area contributed by atoms with Gasteiger partial charge in [-0.1, -0.05) is 30.3 Å². The first-order valence-electron chi connectivity index (χ1n) is 5.76. The maximum Gasteiger partial charge on any atom is 0.266 e. The highest BCUT2D eigenvalue weighted by molar-refractivity contribution is 9.11. The van der Waals surface area contributed by atoms with Crippen molar-refractivity contribution in [3.8, 4) is 22.0 Å². The lowest BCUT2D eigenvalue weighted by Gasteiger charge is -2.05. The second kappa shape index (κ2) is 5.63. The van der Waals surface area contributed by atoms with Gasteiger partial charge < -0.3 is 4.98 Å². The molecule has 0 radical (unpaired) electrons. The van der Waals surface area contributed by atoms with E-state index in [1.165, 1.54) is 11.3 Å². The smallest absolute Gasteiger partial charge is 0.266 e. The van der Waals surface area contributed by atoms with Gasteiger partial charge in [0, 0.05) is 5.56 Å². The van der Waals surface area contributed by atoms with Crippen LogP contribution in [0.1, 0.15) is 0 Å². The van der Waals surface area contributed by atoms with Crippen LogP contribution in [0.3, 0.4) is 0 Å². The maximum absolute atomic E-state index is 12.1. The van der Waals surface area contributed by atoms with E-state index in [4.69, 9.17) is 0 Å². The zero-order chi connectivity index (χ0) is 14.1. The molecule has 0 aliphatic rings. The van der Waals surface area contributed by atoms with Crippen LogP contribution in [0, 0.1) is 0 Å². The highest BCUT2D eigenvalue weighted by Gasteiger charge is 2.13. The van der Waals surface area contributed by atoms with Crippen molar-refractivity contribution < 1.29 is 0 Å². The molecule has 1 N–H and O–H groups in total. The predicted octanol–water partition coefficient (Wildman–Crippen LogP) is 4.69. The average Bonchev–Trinajstić information content (AvgIpc) is 2.89. The van der Waals surface area contributed by atoms with E-state index >= 15 is 0 Å². The number of nitrogens with zero attached hydrogens (tertiary/aromatic N) is 1. The van der Waals surface area contributed by atoms with Crippen molar-refractivity contribution >= 4 is 43.2 Å². The summed E-state index contributed by atoms with van der Waals surface area (Å²) in [5.74, 6) is 0.577. The first-order valence-corrected chi connectivity index (χ1v) is 8.16. The molecule has 0 saturated heterocycles. The van der Waals surface area contributed by atoms with Crippen LogP contribution in [-0.2, 0) is 0 Å². The molecule has 0 amide bonds. The third-order valence-electron chi connectivity index (χ3n) is 2.72. The maximum atomic E-state index is 12.1. The van der Waals surface area contributed by atoms with Crippen molar-refractivity contribution in [1.29, 1.82) is 0 Å². The summed E-state index contributed by atoms with van der Waals surface area (Å²) in [6.07, 6.45) is 0. The van der Waals surface area contributed by atoms with Gasteiger partial charge in [0.05, 0.1) is 14.4 Å². The number of H-pyrrole nitrogens is 1. The molecule has 2 heterocycles. The molecule has 0 aliphatic heterocycles. The molecular weight excluding hydrogens is 404 g/mol. The minimum atomic E-state index is -0.182. The number of rotatable bonds is 2. The van der Waals surface area contributed by atoms with E-state index in [0.717, 1.165) is 14.2 Å². The largest absolute Gasteiger partial charge is 0.305 e. The van der Waals surface area contributed by atoms with Gasteiger partial charge in [-0.25, -0.2) is 4.98 Å². The number of benzene rings is 1. The molecule has 100 valence electrons. The molecule has 3 nitrogen and oxygen atoms in total. The van der Waals surface area contributed by atoms with Gasteiger partial charge in [-0.15, -0.1) is 11.3 Å². The minimum absolute atomic E-state index is 0.182. The Morgan fingerprint density at radius 1 is 1.05 bits per heavy atom. The van der Waals surface area contributed by atoms with E-state index in [1.54, 1.807) is 0 Å². The van der Waals surface area contributed by atoms with E-state index in [-0.39, 0.29) is 5.56 Å². The van der Waals surface area contributed by atoms with Crippen molar-refractivity contribution in [3.05, 3.63) is 61.1 Å². The van der Waals surface area contributed by atoms with Gasteiger partial charge in [-0.2, -0.15) is 0 Å². The number of thiophene rings is 1. The molecule has 0 spiro atoms. The van der Waals surface area contributed by atoms with Gasteiger partial charge in [0.15, 0.2) is 5.82 Å². The Kier molecular flexibility index (Phi) is 3.87. The fourth-order valence-electron chi connectivity index (χ4n) is 1.80. The molecule has 20 heavy (non-hydrogen) atoms. The van der Waals surface area contributed by atoms with Gasteiger partial charge in [0.2, 0.25) is 0 Å². The third-order valence-corrected chi connectivity index (χ3v) is 5.08. The monoisotopic (exact) mass is 410 g/mol. The lowest BCUT2D eigenvalue weighted by atomic mass is 10.1. The molecule has 0 saturated carbocycles. The summed E-state index contributed by atoms with van der Waals surface area (Å²) in [7, 11) is 0. The second-order valence-corrected chi connectivity index (χ2v) is 7.30. The minimum Gasteiger partial charge on any atom is -0.305 e. The van der Waals surface area contributed by atoms with E-state index < -0.39 is 0 Å². The Bertz CT molecular complexity index is 812. The fourth-order valence-corrected chi connectivity index (χ4v) is 3.55. The Morgan fingerprint density at radius 2 is 1.80 bits per heavy atom. The van der Waals surface area contributed by atoms with Crippen LogP contribution < -0.4 is 5.56 Å². The first kappa shape index (κ1) is 13.7. The highest BCUT2D eigenvalue weighted by Crippen LogP contribution is 2.31. The fraction of sp³-hybridized carbons (Fsp3) is 0. The summed E-state index contributed by atoms with van der Waals surface area (Å²) in [6, 6.07) is 13.5. The number of aromatic nitrogens is 2. The first-order chi connectivity index (χ1) is 9.65. The third kappa shape index (κ3) is 2.63. The predicted molar refractivity (Wildman–Crippen MR) is 89.0 cm³/mol. The Hall–Kier alpha value is -1.24. The van der Waals surface area contributed by atoms with E-state index in [9.17, 15) is 4.79 Å². The Morgan fingerprint density at radius 3 is 2.45 bits per heavy atom. The molecule has 3 rings (SSSR count). The zero-order valence-corrected chi connectivity index (χ0v) is 14.0. The summed E-state index contributed by atoms with van der Waals surface area (Å²) < 4.78 is 1.45. The molecule has 3 aromatic rings. The lowest BCUT2D eigenvalue weighted by molar-refractivity contribution is 1.12. The molecule has 1 aromatic carbocycles. The number of halogens is 2.